The molecule has 6 heteroatoms. The summed E-state index contributed by atoms with van der Waals surface area (Å²) in [5, 5.41) is 14.4. The molecule has 3 fully saturated rings. The van der Waals surface area contributed by atoms with Crippen LogP contribution >= 0.6 is 0 Å². The van der Waals surface area contributed by atoms with Gasteiger partial charge in [-0.15, -0.1) is 0 Å². The van der Waals surface area contributed by atoms with Crippen LogP contribution < -0.4 is 19.9 Å². The second-order valence-electron chi connectivity index (χ2n) is 6.60. The molecular formula is C18H22NO5-. The third kappa shape index (κ3) is 2.92. The first-order valence-electron chi connectivity index (χ1n) is 8.29. The summed E-state index contributed by atoms with van der Waals surface area (Å²) in [6, 6.07) is 5.10. The fourth-order valence-electron chi connectivity index (χ4n) is 4.31. The SMILES string of the molecule is COc1ccc(NC(=O)[C@@H]2C3CCC(CC3)[C@H]2C(=O)[O-])cc1OC. The van der Waals surface area contributed by atoms with Crippen molar-refractivity contribution in [3.8, 4) is 11.5 Å². The molecule has 130 valence electrons. The molecule has 0 aliphatic heterocycles. The Morgan fingerprint density at radius 2 is 1.58 bits per heavy atom. The molecule has 0 aromatic heterocycles. The van der Waals surface area contributed by atoms with Gasteiger partial charge in [-0.05, 0) is 49.7 Å². The van der Waals surface area contributed by atoms with Gasteiger partial charge in [0.1, 0.15) is 0 Å². The van der Waals surface area contributed by atoms with Crippen molar-refractivity contribution in [2.24, 2.45) is 23.7 Å². The minimum Gasteiger partial charge on any atom is -0.550 e. The number of fused-ring (bicyclic) bond motifs is 3. The third-order valence-corrected chi connectivity index (χ3v) is 5.45. The second-order valence-corrected chi connectivity index (χ2v) is 6.60. The molecule has 3 aliphatic rings. The van der Waals surface area contributed by atoms with Gasteiger partial charge in [0.25, 0.3) is 0 Å². The number of aliphatic carboxylic acids is 1. The van der Waals surface area contributed by atoms with Gasteiger partial charge in [0.05, 0.1) is 14.2 Å². The van der Waals surface area contributed by atoms with Crippen molar-refractivity contribution >= 4 is 17.6 Å². The van der Waals surface area contributed by atoms with Gasteiger partial charge in [-0.25, -0.2) is 0 Å². The van der Waals surface area contributed by atoms with E-state index in [-0.39, 0.29) is 17.7 Å². The predicted octanol–water partition coefficient (Wildman–Crippen LogP) is 1.44. The molecular weight excluding hydrogens is 310 g/mol. The molecule has 1 aromatic rings. The van der Waals surface area contributed by atoms with Crippen LogP contribution in [-0.4, -0.2) is 26.1 Å². The summed E-state index contributed by atoms with van der Waals surface area (Å²) in [7, 11) is 3.06. The first kappa shape index (κ1) is 16.6. The minimum atomic E-state index is -1.10. The molecule has 1 N–H and O–H groups in total. The van der Waals surface area contributed by atoms with E-state index in [4.69, 9.17) is 9.47 Å². The number of anilines is 1. The number of carbonyl (C=O) groups excluding carboxylic acids is 2. The zero-order chi connectivity index (χ0) is 17.3. The van der Waals surface area contributed by atoms with Gasteiger partial charge < -0.3 is 24.7 Å². The fourth-order valence-corrected chi connectivity index (χ4v) is 4.31. The van der Waals surface area contributed by atoms with E-state index in [0.29, 0.717) is 17.2 Å². The lowest BCUT2D eigenvalue weighted by Gasteiger charge is -2.48. The van der Waals surface area contributed by atoms with Gasteiger partial charge in [-0.2, -0.15) is 0 Å². The highest BCUT2D eigenvalue weighted by Crippen LogP contribution is 2.49. The van der Waals surface area contributed by atoms with E-state index in [1.807, 2.05) is 0 Å². The van der Waals surface area contributed by atoms with Crippen LogP contribution in [-0.2, 0) is 9.59 Å². The number of nitrogens with one attached hydrogen (secondary N) is 1. The molecule has 2 bridgehead atoms. The summed E-state index contributed by atoms with van der Waals surface area (Å²) in [5.41, 5.74) is 0.566. The van der Waals surface area contributed by atoms with E-state index in [1.165, 1.54) is 7.11 Å². The number of carbonyl (C=O) groups is 2. The van der Waals surface area contributed by atoms with Crippen LogP contribution in [0, 0.1) is 23.7 Å². The number of hydrogen-bond acceptors (Lipinski definition) is 5. The lowest BCUT2D eigenvalue weighted by Crippen LogP contribution is -2.52. The molecule has 0 radical (unpaired) electrons. The average Bonchev–Trinajstić information content (AvgIpc) is 2.61. The van der Waals surface area contributed by atoms with Gasteiger partial charge in [0.2, 0.25) is 5.91 Å². The van der Waals surface area contributed by atoms with Crippen molar-refractivity contribution in [2.45, 2.75) is 25.7 Å². The minimum absolute atomic E-state index is 0.0566. The summed E-state index contributed by atoms with van der Waals surface area (Å²) in [6.45, 7) is 0. The van der Waals surface area contributed by atoms with Gasteiger partial charge in [-0.1, -0.05) is 0 Å². The third-order valence-electron chi connectivity index (χ3n) is 5.45. The molecule has 4 rings (SSSR count). The zero-order valence-corrected chi connectivity index (χ0v) is 13.9. The number of carboxylic acid groups (broad SMARTS) is 1. The Morgan fingerprint density at radius 1 is 1.00 bits per heavy atom. The Hall–Kier alpha value is -2.24. The van der Waals surface area contributed by atoms with Crippen molar-refractivity contribution in [1.29, 1.82) is 0 Å². The normalized spacial score (nSPS) is 28.2. The number of hydrogen-bond donors (Lipinski definition) is 1. The Morgan fingerprint density at radius 3 is 2.12 bits per heavy atom. The van der Waals surface area contributed by atoms with E-state index >= 15 is 0 Å². The summed E-state index contributed by atoms with van der Waals surface area (Å²) in [6.07, 6.45) is 3.59. The Bertz CT molecular complexity index is 636. The van der Waals surface area contributed by atoms with E-state index in [0.717, 1.165) is 25.7 Å². The molecule has 6 nitrogen and oxygen atoms in total. The average molecular weight is 332 g/mol. The molecule has 0 saturated heterocycles. The molecule has 0 heterocycles. The molecule has 2 atom stereocenters. The fraction of sp³-hybridized carbons (Fsp3) is 0.556. The van der Waals surface area contributed by atoms with Crippen LogP contribution in [0.4, 0.5) is 5.69 Å². The zero-order valence-electron chi connectivity index (χ0n) is 13.9. The summed E-state index contributed by atoms with van der Waals surface area (Å²) >= 11 is 0. The molecule has 3 saturated carbocycles. The lowest BCUT2D eigenvalue weighted by atomic mass is 9.58. The van der Waals surface area contributed by atoms with Gasteiger partial charge >= 0.3 is 0 Å². The molecule has 0 unspecified atom stereocenters. The standard InChI is InChI=1S/C18H23NO5/c1-23-13-8-7-12(9-14(13)24-2)19-17(20)15-10-3-5-11(6-4-10)16(15)18(21)22/h7-11,15-16H,3-6H2,1-2H3,(H,19,20)(H,21,22)/p-1/t10?,11?,15-,16-/m1/s1. The van der Waals surface area contributed by atoms with Crippen LogP contribution in [0.5, 0.6) is 11.5 Å². The molecule has 3 aliphatic carbocycles. The van der Waals surface area contributed by atoms with E-state index in [9.17, 15) is 14.7 Å². The first-order chi connectivity index (χ1) is 11.5. The highest BCUT2D eigenvalue weighted by atomic mass is 16.5. The van der Waals surface area contributed by atoms with Crippen molar-refractivity contribution in [3.05, 3.63) is 18.2 Å². The van der Waals surface area contributed by atoms with E-state index in [1.54, 1.807) is 25.3 Å². The van der Waals surface area contributed by atoms with Crippen LogP contribution in [0.1, 0.15) is 25.7 Å². The monoisotopic (exact) mass is 332 g/mol. The number of rotatable bonds is 5. The molecule has 24 heavy (non-hydrogen) atoms. The highest BCUT2D eigenvalue weighted by Gasteiger charge is 2.47. The molecule has 1 aromatic carbocycles. The molecule has 0 spiro atoms. The summed E-state index contributed by atoms with van der Waals surface area (Å²) < 4.78 is 10.4. The second kappa shape index (κ2) is 6.71. The number of benzene rings is 1. The summed E-state index contributed by atoms with van der Waals surface area (Å²) in [5.74, 6) is -1.29. The number of amides is 1. The number of carboxylic acids is 1. The van der Waals surface area contributed by atoms with Crippen molar-refractivity contribution in [1.82, 2.24) is 0 Å². The van der Waals surface area contributed by atoms with Crippen LogP contribution in [0.25, 0.3) is 0 Å². The Labute approximate surface area is 141 Å². The van der Waals surface area contributed by atoms with Gasteiger partial charge in [0, 0.05) is 29.6 Å². The van der Waals surface area contributed by atoms with E-state index in [2.05, 4.69) is 5.32 Å². The van der Waals surface area contributed by atoms with Crippen molar-refractivity contribution in [2.75, 3.05) is 19.5 Å². The topological polar surface area (TPSA) is 87.7 Å². The first-order valence-corrected chi connectivity index (χ1v) is 8.29. The smallest absolute Gasteiger partial charge is 0.228 e. The van der Waals surface area contributed by atoms with Crippen LogP contribution in [0.15, 0.2) is 18.2 Å². The highest BCUT2D eigenvalue weighted by molar-refractivity contribution is 5.95. The van der Waals surface area contributed by atoms with Crippen LogP contribution in [0.2, 0.25) is 0 Å². The lowest BCUT2D eigenvalue weighted by molar-refractivity contribution is -0.318. The van der Waals surface area contributed by atoms with Gasteiger partial charge in [-0.3, -0.25) is 4.79 Å². The Balaban J connectivity index is 1.80. The largest absolute Gasteiger partial charge is 0.550 e. The Kier molecular flexibility index (Phi) is 4.64. The van der Waals surface area contributed by atoms with Crippen LogP contribution in [0.3, 0.4) is 0 Å². The summed E-state index contributed by atoms with van der Waals surface area (Å²) in [4.78, 5) is 24.3. The van der Waals surface area contributed by atoms with E-state index < -0.39 is 17.8 Å². The quantitative estimate of drug-likeness (QED) is 0.881. The molecule has 1 amide bonds. The maximum atomic E-state index is 12.8. The van der Waals surface area contributed by atoms with Gasteiger partial charge in [0.15, 0.2) is 11.5 Å². The predicted molar refractivity (Wildman–Crippen MR) is 85.6 cm³/mol. The maximum absolute atomic E-state index is 12.8. The number of methoxy groups -OCH3 is 2. The van der Waals surface area contributed by atoms with Crippen molar-refractivity contribution in [3.63, 3.8) is 0 Å². The maximum Gasteiger partial charge on any atom is 0.228 e. The van der Waals surface area contributed by atoms with Crippen molar-refractivity contribution < 1.29 is 24.2 Å². The number of ether oxygens (including phenoxy) is 2.